The molecule has 1 amide bonds. The van der Waals surface area contributed by atoms with Gasteiger partial charge in [-0.2, -0.15) is 0 Å². The van der Waals surface area contributed by atoms with Crippen molar-refractivity contribution in [2.45, 2.75) is 51.2 Å². The third-order valence-electron chi connectivity index (χ3n) is 4.96. The lowest BCUT2D eigenvalue weighted by Crippen LogP contribution is -2.60. The Kier molecular flexibility index (Phi) is 5.36. The summed E-state index contributed by atoms with van der Waals surface area (Å²) in [6, 6.07) is 3.40. The number of hydrogen-bond donors (Lipinski definition) is 0. The Morgan fingerprint density at radius 3 is 2.92 bits per heavy atom. The number of ether oxygens (including phenoxy) is 1. The summed E-state index contributed by atoms with van der Waals surface area (Å²) < 4.78 is 10.8. The number of carbonyl (C=O) groups is 2. The van der Waals surface area contributed by atoms with Crippen molar-refractivity contribution >= 4 is 11.7 Å². The highest BCUT2D eigenvalue weighted by Gasteiger charge is 2.39. The Labute approximate surface area is 142 Å². The van der Waals surface area contributed by atoms with Gasteiger partial charge < -0.3 is 14.1 Å². The molecule has 2 saturated heterocycles. The second-order valence-corrected chi connectivity index (χ2v) is 6.85. The van der Waals surface area contributed by atoms with E-state index in [2.05, 4.69) is 18.7 Å². The van der Waals surface area contributed by atoms with E-state index in [4.69, 9.17) is 9.15 Å². The summed E-state index contributed by atoms with van der Waals surface area (Å²) in [6.45, 7) is 6.72. The molecule has 0 bridgehead atoms. The standard InChI is InChI=1S/C18H26N2O4/c1-13(2)19-7-3-5-15(18(19)22)20-8-10-23-12-14(20)11-16(21)17-6-4-9-24-17/h4,6,9,13-15H,3,5,7-8,10-12H2,1-2H3. The zero-order chi connectivity index (χ0) is 17.1. The summed E-state index contributed by atoms with van der Waals surface area (Å²) in [6.07, 6.45) is 3.69. The lowest BCUT2D eigenvalue weighted by atomic mass is 9.97. The van der Waals surface area contributed by atoms with Crippen molar-refractivity contribution in [2.24, 2.45) is 0 Å². The van der Waals surface area contributed by atoms with E-state index < -0.39 is 0 Å². The minimum atomic E-state index is -0.139. The molecule has 0 saturated carbocycles. The third-order valence-corrected chi connectivity index (χ3v) is 4.96. The maximum absolute atomic E-state index is 12.9. The monoisotopic (exact) mass is 334 g/mol. The Balaban J connectivity index is 1.72. The van der Waals surface area contributed by atoms with Crippen LogP contribution >= 0.6 is 0 Å². The molecule has 2 aliphatic heterocycles. The molecule has 3 rings (SSSR count). The van der Waals surface area contributed by atoms with Crippen LogP contribution in [0.4, 0.5) is 0 Å². The number of piperidine rings is 1. The molecule has 6 nitrogen and oxygen atoms in total. The van der Waals surface area contributed by atoms with E-state index >= 15 is 0 Å². The fourth-order valence-corrected chi connectivity index (χ4v) is 3.71. The largest absolute Gasteiger partial charge is 0.461 e. The average molecular weight is 334 g/mol. The minimum absolute atomic E-state index is 0.0375. The quantitative estimate of drug-likeness (QED) is 0.770. The second kappa shape index (κ2) is 7.49. The first-order chi connectivity index (χ1) is 11.6. The van der Waals surface area contributed by atoms with Gasteiger partial charge in [-0.1, -0.05) is 0 Å². The van der Waals surface area contributed by atoms with Crippen LogP contribution in [0.1, 0.15) is 43.7 Å². The number of furan rings is 1. The Morgan fingerprint density at radius 1 is 1.38 bits per heavy atom. The predicted octanol–water partition coefficient (Wildman–Crippen LogP) is 1.95. The van der Waals surface area contributed by atoms with Gasteiger partial charge in [0.05, 0.1) is 25.5 Å². The summed E-state index contributed by atoms with van der Waals surface area (Å²) >= 11 is 0. The normalized spacial score (nSPS) is 26.1. The average Bonchev–Trinajstić information content (AvgIpc) is 3.10. The first kappa shape index (κ1) is 17.2. The van der Waals surface area contributed by atoms with Crippen LogP contribution in [-0.4, -0.2) is 65.9 Å². The molecule has 0 radical (unpaired) electrons. The maximum atomic E-state index is 12.9. The summed E-state index contributed by atoms with van der Waals surface area (Å²) in [5.41, 5.74) is 0. The van der Waals surface area contributed by atoms with Crippen LogP contribution in [0.15, 0.2) is 22.8 Å². The molecule has 2 unspecified atom stereocenters. The van der Waals surface area contributed by atoms with E-state index in [1.54, 1.807) is 12.1 Å². The van der Waals surface area contributed by atoms with Crippen LogP contribution in [0.2, 0.25) is 0 Å². The Bertz CT molecular complexity index is 570. The molecule has 0 N–H and O–H groups in total. The Morgan fingerprint density at radius 2 is 2.21 bits per heavy atom. The molecule has 0 aliphatic carbocycles. The van der Waals surface area contributed by atoms with Gasteiger partial charge in [0.2, 0.25) is 5.91 Å². The number of likely N-dealkylation sites (tertiary alicyclic amines) is 1. The number of Topliss-reactive ketones (excluding diaryl/α,β-unsaturated/α-hetero) is 1. The molecule has 2 atom stereocenters. The van der Waals surface area contributed by atoms with Crippen molar-refractivity contribution in [1.82, 2.24) is 9.80 Å². The summed E-state index contributed by atoms with van der Waals surface area (Å²) in [5, 5.41) is 0. The van der Waals surface area contributed by atoms with Crippen LogP contribution < -0.4 is 0 Å². The molecule has 2 fully saturated rings. The number of amides is 1. The third kappa shape index (κ3) is 3.54. The van der Waals surface area contributed by atoms with Gasteiger partial charge in [-0.3, -0.25) is 14.5 Å². The molecule has 2 aliphatic rings. The molecule has 1 aromatic heterocycles. The van der Waals surface area contributed by atoms with Crippen LogP contribution in [0.3, 0.4) is 0 Å². The van der Waals surface area contributed by atoms with E-state index in [1.807, 2.05) is 4.90 Å². The van der Waals surface area contributed by atoms with E-state index in [0.717, 1.165) is 19.4 Å². The first-order valence-corrected chi connectivity index (χ1v) is 8.78. The first-order valence-electron chi connectivity index (χ1n) is 8.78. The molecule has 1 aromatic rings. The van der Waals surface area contributed by atoms with Gasteiger partial charge in [0.25, 0.3) is 0 Å². The lowest BCUT2D eigenvalue weighted by Gasteiger charge is -2.45. The van der Waals surface area contributed by atoms with Gasteiger partial charge in [0.1, 0.15) is 0 Å². The van der Waals surface area contributed by atoms with E-state index in [9.17, 15) is 9.59 Å². The smallest absolute Gasteiger partial charge is 0.240 e. The minimum Gasteiger partial charge on any atom is -0.461 e. The molecular formula is C18H26N2O4. The van der Waals surface area contributed by atoms with Gasteiger partial charge in [0, 0.05) is 31.6 Å². The molecule has 24 heavy (non-hydrogen) atoms. The maximum Gasteiger partial charge on any atom is 0.240 e. The van der Waals surface area contributed by atoms with E-state index in [0.29, 0.717) is 31.9 Å². The molecule has 3 heterocycles. The van der Waals surface area contributed by atoms with Crippen molar-refractivity contribution in [3.8, 4) is 0 Å². The van der Waals surface area contributed by atoms with Gasteiger partial charge in [-0.25, -0.2) is 0 Å². The van der Waals surface area contributed by atoms with Crippen molar-refractivity contribution < 1.29 is 18.7 Å². The van der Waals surface area contributed by atoms with Crippen molar-refractivity contribution in [3.05, 3.63) is 24.2 Å². The van der Waals surface area contributed by atoms with Gasteiger partial charge in [-0.15, -0.1) is 0 Å². The summed E-state index contributed by atoms with van der Waals surface area (Å²) in [4.78, 5) is 29.4. The number of nitrogens with zero attached hydrogens (tertiary/aromatic N) is 2. The molecular weight excluding hydrogens is 308 g/mol. The zero-order valence-electron chi connectivity index (χ0n) is 14.4. The fourth-order valence-electron chi connectivity index (χ4n) is 3.71. The highest BCUT2D eigenvalue weighted by atomic mass is 16.5. The van der Waals surface area contributed by atoms with Gasteiger partial charge in [-0.05, 0) is 38.8 Å². The van der Waals surface area contributed by atoms with Crippen molar-refractivity contribution in [1.29, 1.82) is 0 Å². The van der Waals surface area contributed by atoms with Crippen LogP contribution in [0.25, 0.3) is 0 Å². The number of carbonyl (C=O) groups excluding carboxylic acids is 2. The van der Waals surface area contributed by atoms with Crippen LogP contribution in [0.5, 0.6) is 0 Å². The lowest BCUT2D eigenvalue weighted by molar-refractivity contribution is -0.146. The number of ketones is 1. The van der Waals surface area contributed by atoms with Crippen LogP contribution in [-0.2, 0) is 9.53 Å². The summed E-state index contributed by atoms with van der Waals surface area (Å²) in [5.74, 6) is 0.525. The zero-order valence-corrected chi connectivity index (χ0v) is 14.4. The van der Waals surface area contributed by atoms with Gasteiger partial charge in [0.15, 0.2) is 11.5 Å². The molecule has 0 spiro atoms. The molecule has 6 heteroatoms. The topological polar surface area (TPSA) is 63.0 Å². The van der Waals surface area contributed by atoms with E-state index in [-0.39, 0.29) is 29.8 Å². The SMILES string of the molecule is CC(C)N1CCCC(N2CCOCC2CC(=O)c2ccco2)C1=O. The number of hydrogen-bond acceptors (Lipinski definition) is 5. The van der Waals surface area contributed by atoms with Gasteiger partial charge >= 0.3 is 0 Å². The molecule has 132 valence electrons. The second-order valence-electron chi connectivity index (χ2n) is 6.85. The van der Waals surface area contributed by atoms with Crippen LogP contribution in [0, 0.1) is 0 Å². The Hall–Kier alpha value is -1.66. The predicted molar refractivity (Wildman–Crippen MR) is 88.8 cm³/mol. The summed E-state index contributed by atoms with van der Waals surface area (Å²) in [7, 11) is 0. The fraction of sp³-hybridized carbons (Fsp3) is 0.667. The highest BCUT2D eigenvalue weighted by molar-refractivity contribution is 5.93. The van der Waals surface area contributed by atoms with Crippen molar-refractivity contribution in [3.63, 3.8) is 0 Å². The number of rotatable bonds is 5. The highest BCUT2D eigenvalue weighted by Crippen LogP contribution is 2.25. The van der Waals surface area contributed by atoms with Crippen molar-refractivity contribution in [2.75, 3.05) is 26.3 Å². The van der Waals surface area contributed by atoms with E-state index in [1.165, 1.54) is 6.26 Å². The number of morpholine rings is 1. The molecule has 0 aromatic carbocycles.